The fourth-order valence-electron chi connectivity index (χ4n) is 1.34. The molecule has 0 saturated carbocycles. The molecule has 1 aromatic carbocycles. The van der Waals surface area contributed by atoms with Gasteiger partial charge in [0.05, 0.1) is 13.3 Å². The lowest BCUT2D eigenvalue weighted by Crippen LogP contribution is -1.95. The molecular weight excluding hydrogens is 282 g/mol. The number of hydrogen-bond donors (Lipinski definition) is 0. The molecule has 0 bridgehead atoms. The quantitative estimate of drug-likeness (QED) is 0.810. The first-order valence-corrected chi connectivity index (χ1v) is 5.94. The molecule has 1 aromatic heterocycles. The van der Waals surface area contributed by atoms with Crippen molar-refractivity contribution in [3.8, 4) is 11.5 Å². The summed E-state index contributed by atoms with van der Waals surface area (Å²) in [5.41, 5.74) is 1.09. The van der Waals surface area contributed by atoms with Gasteiger partial charge >= 0.3 is 0 Å². The molecule has 88 valence electrons. The number of hydrogen-bond acceptors (Lipinski definition) is 3. The Morgan fingerprint density at radius 2 is 1.76 bits per heavy atom. The topological polar surface area (TPSA) is 31.4 Å². The average Bonchev–Trinajstić information content (AvgIpc) is 2.39. The van der Waals surface area contributed by atoms with Crippen LogP contribution in [-0.4, -0.2) is 12.1 Å². The molecule has 4 heteroatoms. The molecule has 0 aliphatic rings. The third-order valence-corrected chi connectivity index (χ3v) is 2.73. The first-order valence-electron chi connectivity index (χ1n) is 5.15. The first-order chi connectivity index (χ1) is 8.28. The zero-order valence-corrected chi connectivity index (χ0v) is 11.0. The van der Waals surface area contributed by atoms with Crippen molar-refractivity contribution in [1.29, 1.82) is 0 Å². The van der Waals surface area contributed by atoms with Crippen molar-refractivity contribution in [1.82, 2.24) is 4.98 Å². The maximum Gasteiger partial charge on any atom is 0.138 e. The van der Waals surface area contributed by atoms with Crippen LogP contribution in [0.5, 0.6) is 11.5 Å². The van der Waals surface area contributed by atoms with E-state index in [4.69, 9.17) is 9.47 Å². The van der Waals surface area contributed by atoms with Gasteiger partial charge in [0.15, 0.2) is 0 Å². The van der Waals surface area contributed by atoms with Crippen molar-refractivity contribution in [3.05, 3.63) is 52.8 Å². The number of benzene rings is 1. The van der Waals surface area contributed by atoms with Crippen LogP contribution in [0, 0.1) is 0 Å². The summed E-state index contributed by atoms with van der Waals surface area (Å²) in [5, 5.41) is 0. The largest absolute Gasteiger partial charge is 0.497 e. The van der Waals surface area contributed by atoms with Gasteiger partial charge in [-0.15, -0.1) is 0 Å². The Morgan fingerprint density at radius 3 is 2.35 bits per heavy atom. The molecule has 0 atom stereocenters. The van der Waals surface area contributed by atoms with E-state index < -0.39 is 0 Å². The van der Waals surface area contributed by atoms with Gasteiger partial charge in [-0.3, -0.25) is 0 Å². The van der Waals surface area contributed by atoms with Crippen LogP contribution in [0.1, 0.15) is 5.56 Å². The fraction of sp³-hybridized carbons (Fsp3) is 0.154. The van der Waals surface area contributed by atoms with Gasteiger partial charge < -0.3 is 9.47 Å². The highest BCUT2D eigenvalue weighted by molar-refractivity contribution is 9.10. The molecule has 17 heavy (non-hydrogen) atoms. The Kier molecular flexibility index (Phi) is 3.98. The lowest BCUT2D eigenvalue weighted by atomic mass is 10.2. The van der Waals surface area contributed by atoms with Crippen molar-refractivity contribution in [2.75, 3.05) is 7.11 Å². The Hall–Kier alpha value is -1.55. The summed E-state index contributed by atoms with van der Waals surface area (Å²) in [7, 11) is 1.65. The van der Waals surface area contributed by atoms with E-state index in [1.807, 2.05) is 36.4 Å². The van der Waals surface area contributed by atoms with Crippen LogP contribution in [0.15, 0.2) is 47.2 Å². The van der Waals surface area contributed by atoms with Crippen molar-refractivity contribution >= 4 is 15.9 Å². The summed E-state index contributed by atoms with van der Waals surface area (Å²) in [4.78, 5) is 4.09. The molecule has 0 fully saturated rings. The van der Waals surface area contributed by atoms with Crippen LogP contribution in [0.2, 0.25) is 0 Å². The van der Waals surface area contributed by atoms with E-state index in [1.54, 1.807) is 13.3 Å². The van der Waals surface area contributed by atoms with Crippen molar-refractivity contribution < 1.29 is 9.47 Å². The minimum absolute atomic E-state index is 0.521. The van der Waals surface area contributed by atoms with Gasteiger partial charge in [0, 0.05) is 0 Å². The molecule has 0 unspecified atom stereocenters. The Morgan fingerprint density at radius 1 is 1.06 bits per heavy atom. The number of nitrogens with zero attached hydrogens (tertiary/aromatic N) is 1. The van der Waals surface area contributed by atoms with Gasteiger partial charge in [0.25, 0.3) is 0 Å². The molecule has 1 heterocycles. The minimum atomic E-state index is 0.521. The lowest BCUT2D eigenvalue weighted by molar-refractivity contribution is 0.304. The number of halogens is 1. The van der Waals surface area contributed by atoms with E-state index in [-0.39, 0.29) is 0 Å². The third kappa shape index (κ3) is 3.46. The van der Waals surface area contributed by atoms with Gasteiger partial charge in [-0.2, -0.15) is 0 Å². The summed E-state index contributed by atoms with van der Waals surface area (Å²) < 4.78 is 11.5. The Labute approximate surface area is 109 Å². The van der Waals surface area contributed by atoms with E-state index in [9.17, 15) is 0 Å². The third-order valence-electron chi connectivity index (χ3n) is 2.26. The summed E-state index contributed by atoms with van der Waals surface area (Å²) in [6.45, 7) is 0.521. The molecule has 3 nitrogen and oxygen atoms in total. The van der Waals surface area contributed by atoms with Crippen LogP contribution in [0.25, 0.3) is 0 Å². The predicted molar refractivity (Wildman–Crippen MR) is 69.3 cm³/mol. The normalized spacial score (nSPS) is 10.0. The summed E-state index contributed by atoms with van der Waals surface area (Å²) in [6, 6.07) is 11.5. The zero-order chi connectivity index (χ0) is 12.1. The van der Waals surface area contributed by atoms with Gasteiger partial charge in [-0.25, -0.2) is 4.98 Å². The second kappa shape index (κ2) is 5.68. The molecule has 0 aliphatic carbocycles. The van der Waals surface area contributed by atoms with Crippen molar-refractivity contribution in [2.45, 2.75) is 6.61 Å². The molecule has 0 spiro atoms. The second-order valence-electron chi connectivity index (χ2n) is 3.45. The molecule has 0 saturated heterocycles. The van der Waals surface area contributed by atoms with Gasteiger partial charge in [0.1, 0.15) is 22.7 Å². The van der Waals surface area contributed by atoms with Crippen LogP contribution >= 0.6 is 15.9 Å². The average molecular weight is 294 g/mol. The van der Waals surface area contributed by atoms with Crippen LogP contribution in [0.4, 0.5) is 0 Å². The molecule has 2 rings (SSSR count). The zero-order valence-electron chi connectivity index (χ0n) is 9.39. The first kappa shape index (κ1) is 11.9. The number of methoxy groups -OCH3 is 1. The maximum atomic E-state index is 5.60. The standard InChI is InChI=1S/C13H12BrNO2/c1-16-11-4-2-10(3-5-11)9-17-12-6-7-13(14)15-8-12/h2-8H,9H2,1H3. The second-order valence-corrected chi connectivity index (χ2v) is 4.27. The van der Waals surface area contributed by atoms with Crippen molar-refractivity contribution in [2.24, 2.45) is 0 Å². The van der Waals surface area contributed by atoms with Crippen molar-refractivity contribution in [3.63, 3.8) is 0 Å². The number of ether oxygens (including phenoxy) is 2. The highest BCUT2D eigenvalue weighted by Crippen LogP contribution is 2.16. The minimum Gasteiger partial charge on any atom is -0.497 e. The maximum absolute atomic E-state index is 5.60. The monoisotopic (exact) mass is 293 g/mol. The van der Waals surface area contributed by atoms with E-state index in [2.05, 4.69) is 20.9 Å². The smallest absolute Gasteiger partial charge is 0.138 e. The summed E-state index contributed by atoms with van der Waals surface area (Å²) in [5.74, 6) is 1.60. The highest BCUT2D eigenvalue weighted by atomic mass is 79.9. The van der Waals surface area contributed by atoms with E-state index >= 15 is 0 Å². The number of pyridine rings is 1. The fourth-order valence-corrected chi connectivity index (χ4v) is 1.57. The molecule has 2 aromatic rings. The lowest BCUT2D eigenvalue weighted by Gasteiger charge is -2.06. The number of aromatic nitrogens is 1. The number of rotatable bonds is 4. The van der Waals surface area contributed by atoms with Crippen LogP contribution < -0.4 is 9.47 Å². The molecule has 0 N–H and O–H groups in total. The highest BCUT2D eigenvalue weighted by Gasteiger charge is 1.97. The van der Waals surface area contributed by atoms with Crippen LogP contribution in [0.3, 0.4) is 0 Å². The van der Waals surface area contributed by atoms with Gasteiger partial charge in [0.2, 0.25) is 0 Å². The van der Waals surface area contributed by atoms with E-state index in [0.717, 1.165) is 21.7 Å². The van der Waals surface area contributed by atoms with Crippen LogP contribution in [-0.2, 0) is 6.61 Å². The Bertz CT molecular complexity index is 468. The predicted octanol–water partition coefficient (Wildman–Crippen LogP) is 3.43. The SMILES string of the molecule is COc1ccc(COc2ccc(Br)nc2)cc1. The summed E-state index contributed by atoms with van der Waals surface area (Å²) in [6.07, 6.45) is 1.69. The molecule has 0 amide bonds. The van der Waals surface area contributed by atoms with E-state index in [1.165, 1.54) is 0 Å². The van der Waals surface area contributed by atoms with E-state index in [0.29, 0.717) is 6.61 Å². The molecule has 0 aliphatic heterocycles. The summed E-state index contributed by atoms with van der Waals surface area (Å²) >= 11 is 3.28. The van der Waals surface area contributed by atoms with Gasteiger partial charge in [-0.1, -0.05) is 12.1 Å². The van der Waals surface area contributed by atoms with Gasteiger partial charge in [-0.05, 0) is 45.8 Å². The molecule has 0 radical (unpaired) electrons. The Balaban J connectivity index is 1.95. The molecular formula is C13H12BrNO2.